The highest BCUT2D eigenvalue weighted by atomic mass is 16.3. The normalized spacial score (nSPS) is 11.8. The Bertz CT molecular complexity index is 1050. The molecular formula is C15H9NO4. The molecule has 2 aromatic heterocycles. The van der Waals surface area contributed by atoms with E-state index in [1.165, 1.54) is 10.5 Å². The van der Waals surface area contributed by atoms with Crippen molar-refractivity contribution in [3.63, 3.8) is 0 Å². The predicted octanol–water partition coefficient (Wildman–Crippen LogP) is 2.16. The first-order valence-corrected chi connectivity index (χ1v) is 6.02. The number of para-hydroxylation sites is 1. The largest absolute Gasteiger partial charge is 0.504 e. The van der Waals surface area contributed by atoms with Gasteiger partial charge in [-0.15, -0.1) is 0 Å². The van der Waals surface area contributed by atoms with Gasteiger partial charge in [0.2, 0.25) is 17.1 Å². The lowest BCUT2D eigenvalue weighted by Gasteiger charge is -2.11. The van der Waals surface area contributed by atoms with Crippen molar-refractivity contribution in [2.24, 2.45) is 0 Å². The zero-order valence-corrected chi connectivity index (χ0v) is 10.2. The van der Waals surface area contributed by atoms with Crippen molar-refractivity contribution in [3.05, 3.63) is 46.8 Å². The molecule has 0 amide bonds. The van der Waals surface area contributed by atoms with Gasteiger partial charge in [-0.2, -0.15) is 0 Å². The first kappa shape index (κ1) is 10.9. The summed E-state index contributed by atoms with van der Waals surface area (Å²) in [5.41, 5.74) is 0.0908. The van der Waals surface area contributed by atoms with Crippen LogP contribution < -0.4 is 5.43 Å². The standard InChI is InChI=1S/C15H9NO4/c17-10-6-9-8-3-1-2-7-4-5-16(12(7)8)15(20)11(9)14(19)13(10)18/h1-6,18-20H. The molecule has 0 saturated carbocycles. The Balaban J connectivity index is 2.48. The van der Waals surface area contributed by atoms with Crippen LogP contribution in [0, 0.1) is 0 Å². The van der Waals surface area contributed by atoms with Crippen LogP contribution in [0.3, 0.4) is 0 Å². The number of phenolic OH excluding ortho intramolecular Hbond substituents is 2. The number of phenols is 2. The molecule has 0 fully saturated rings. The average Bonchev–Trinajstić information content (AvgIpc) is 2.87. The van der Waals surface area contributed by atoms with Crippen molar-refractivity contribution < 1.29 is 15.3 Å². The highest BCUT2D eigenvalue weighted by Crippen LogP contribution is 2.41. The van der Waals surface area contributed by atoms with Crippen molar-refractivity contribution in [2.75, 3.05) is 0 Å². The monoisotopic (exact) mass is 267 g/mol. The molecule has 0 spiro atoms. The second-order valence-electron chi connectivity index (χ2n) is 4.75. The molecule has 4 aromatic rings. The predicted molar refractivity (Wildman–Crippen MR) is 74.9 cm³/mol. The van der Waals surface area contributed by atoms with Gasteiger partial charge in [-0.3, -0.25) is 9.20 Å². The minimum absolute atomic E-state index is 0.0679. The van der Waals surface area contributed by atoms with E-state index in [2.05, 4.69) is 0 Å². The number of hydrogen-bond donors (Lipinski definition) is 3. The van der Waals surface area contributed by atoms with Gasteiger partial charge in [-0.25, -0.2) is 0 Å². The fourth-order valence-electron chi connectivity index (χ4n) is 2.78. The Morgan fingerprint density at radius 1 is 0.950 bits per heavy atom. The number of rotatable bonds is 0. The number of pyridine rings is 1. The second-order valence-corrected chi connectivity index (χ2v) is 4.75. The highest BCUT2D eigenvalue weighted by molar-refractivity contribution is 6.15. The zero-order chi connectivity index (χ0) is 14.0. The van der Waals surface area contributed by atoms with Gasteiger partial charge in [0.05, 0.1) is 10.9 Å². The molecule has 2 heterocycles. The summed E-state index contributed by atoms with van der Waals surface area (Å²) in [4.78, 5) is 11.7. The van der Waals surface area contributed by atoms with Crippen molar-refractivity contribution >= 4 is 27.1 Å². The maximum Gasteiger partial charge on any atom is 0.224 e. The van der Waals surface area contributed by atoms with Crippen LogP contribution in [-0.4, -0.2) is 19.7 Å². The third-order valence-corrected chi connectivity index (χ3v) is 3.69. The van der Waals surface area contributed by atoms with Gasteiger partial charge < -0.3 is 15.3 Å². The van der Waals surface area contributed by atoms with Gasteiger partial charge in [0.15, 0.2) is 5.75 Å². The van der Waals surface area contributed by atoms with Crippen LogP contribution >= 0.6 is 0 Å². The van der Waals surface area contributed by atoms with Crippen molar-refractivity contribution in [1.82, 2.24) is 4.40 Å². The number of benzene rings is 2. The van der Waals surface area contributed by atoms with Crippen molar-refractivity contribution in [1.29, 1.82) is 0 Å². The number of hydrogen-bond acceptors (Lipinski definition) is 4. The molecule has 0 aliphatic carbocycles. The lowest BCUT2D eigenvalue weighted by Crippen LogP contribution is -2.00. The summed E-state index contributed by atoms with van der Waals surface area (Å²) < 4.78 is 1.52. The summed E-state index contributed by atoms with van der Waals surface area (Å²) in [6.45, 7) is 0. The van der Waals surface area contributed by atoms with E-state index in [4.69, 9.17) is 0 Å². The SMILES string of the molecule is O=c1cc2c(c(O)c1O)c(O)n1ccc3cccc2c31. The molecule has 3 N–H and O–H groups in total. The van der Waals surface area contributed by atoms with E-state index >= 15 is 0 Å². The molecular weight excluding hydrogens is 258 g/mol. The number of aromatic nitrogens is 1. The van der Waals surface area contributed by atoms with E-state index in [1.54, 1.807) is 12.3 Å². The summed E-state index contributed by atoms with van der Waals surface area (Å²) in [6, 6.07) is 8.59. The molecule has 2 aromatic carbocycles. The molecule has 0 radical (unpaired) electrons. The lowest BCUT2D eigenvalue weighted by molar-refractivity contribution is 0.400. The topological polar surface area (TPSA) is 82.2 Å². The van der Waals surface area contributed by atoms with Gasteiger partial charge in [-0.1, -0.05) is 18.2 Å². The Morgan fingerprint density at radius 2 is 1.75 bits per heavy atom. The van der Waals surface area contributed by atoms with Crippen LogP contribution in [0.1, 0.15) is 0 Å². The molecule has 5 heteroatoms. The van der Waals surface area contributed by atoms with Gasteiger partial charge in [0.25, 0.3) is 0 Å². The molecule has 20 heavy (non-hydrogen) atoms. The average molecular weight is 267 g/mol. The van der Waals surface area contributed by atoms with Gasteiger partial charge in [0, 0.05) is 22.4 Å². The quantitative estimate of drug-likeness (QED) is 0.337. The summed E-state index contributed by atoms with van der Waals surface area (Å²) in [5, 5.41) is 32.0. The van der Waals surface area contributed by atoms with E-state index in [0.29, 0.717) is 5.39 Å². The number of aromatic hydroxyl groups is 3. The molecule has 0 aliphatic rings. The van der Waals surface area contributed by atoms with Crippen molar-refractivity contribution in [2.45, 2.75) is 0 Å². The van der Waals surface area contributed by atoms with Crippen LogP contribution in [0.15, 0.2) is 41.3 Å². The first-order valence-electron chi connectivity index (χ1n) is 6.02. The van der Waals surface area contributed by atoms with E-state index in [1.807, 2.05) is 18.2 Å². The minimum Gasteiger partial charge on any atom is -0.504 e. The van der Waals surface area contributed by atoms with Gasteiger partial charge in [-0.05, 0) is 12.1 Å². The van der Waals surface area contributed by atoms with E-state index in [9.17, 15) is 20.1 Å². The van der Waals surface area contributed by atoms with Crippen LogP contribution in [0.4, 0.5) is 0 Å². The Kier molecular flexibility index (Phi) is 1.82. The molecule has 0 atom stereocenters. The van der Waals surface area contributed by atoms with Crippen LogP contribution in [-0.2, 0) is 0 Å². The summed E-state index contributed by atoms with van der Waals surface area (Å²) in [5.74, 6) is -1.55. The third-order valence-electron chi connectivity index (χ3n) is 3.69. The van der Waals surface area contributed by atoms with Crippen molar-refractivity contribution in [3.8, 4) is 17.4 Å². The summed E-state index contributed by atoms with van der Waals surface area (Å²) in [6.07, 6.45) is 1.67. The summed E-state index contributed by atoms with van der Waals surface area (Å²) >= 11 is 0. The smallest absolute Gasteiger partial charge is 0.224 e. The summed E-state index contributed by atoms with van der Waals surface area (Å²) in [7, 11) is 0. The van der Waals surface area contributed by atoms with E-state index in [-0.39, 0.29) is 11.3 Å². The highest BCUT2D eigenvalue weighted by Gasteiger charge is 2.19. The first-order chi connectivity index (χ1) is 9.59. The minimum atomic E-state index is -0.752. The number of nitrogens with zero attached hydrogens (tertiary/aromatic N) is 1. The Labute approximate surface area is 111 Å². The maximum absolute atomic E-state index is 11.7. The zero-order valence-electron chi connectivity index (χ0n) is 10.2. The lowest BCUT2D eigenvalue weighted by atomic mass is 10.0. The molecule has 0 saturated heterocycles. The molecule has 4 rings (SSSR count). The Morgan fingerprint density at radius 3 is 2.55 bits per heavy atom. The fourth-order valence-corrected chi connectivity index (χ4v) is 2.78. The number of fused-ring (bicyclic) bond motifs is 2. The maximum atomic E-state index is 11.7. The van der Waals surface area contributed by atoms with Gasteiger partial charge >= 0.3 is 0 Å². The molecule has 0 unspecified atom stereocenters. The fraction of sp³-hybridized carbons (Fsp3) is 0. The van der Waals surface area contributed by atoms with Crippen LogP contribution in [0.5, 0.6) is 17.4 Å². The molecule has 0 aliphatic heterocycles. The third kappa shape index (κ3) is 1.10. The van der Waals surface area contributed by atoms with Gasteiger partial charge in [0.1, 0.15) is 0 Å². The molecule has 5 nitrogen and oxygen atoms in total. The molecule has 98 valence electrons. The second kappa shape index (κ2) is 3.33. The van der Waals surface area contributed by atoms with Crippen LogP contribution in [0.25, 0.3) is 27.1 Å². The molecule has 0 bridgehead atoms. The van der Waals surface area contributed by atoms with E-state index < -0.39 is 16.9 Å². The van der Waals surface area contributed by atoms with E-state index in [0.717, 1.165) is 16.3 Å². The van der Waals surface area contributed by atoms with Crippen LogP contribution in [0.2, 0.25) is 0 Å². The Hall–Kier alpha value is -2.95.